The SMILES string of the molecule is NC(=O)C1(C(c2ccc3cccnc3c2)c2nccnc2Cl)CCC1. The van der Waals surface area contributed by atoms with Crippen LogP contribution in [0, 0.1) is 5.41 Å². The van der Waals surface area contributed by atoms with Crippen LogP contribution in [0.2, 0.25) is 5.15 Å². The van der Waals surface area contributed by atoms with E-state index >= 15 is 0 Å². The lowest BCUT2D eigenvalue weighted by Gasteiger charge is -2.45. The van der Waals surface area contributed by atoms with E-state index in [-0.39, 0.29) is 11.8 Å². The third-order valence-corrected chi connectivity index (χ3v) is 5.50. The highest BCUT2D eigenvalue weighted by Crippen LogP contribution is 2.54. The molecule has 1 unspecified atom stereocenters. The van der Waals surface area contributed by atoms with Crippen LogP contribution in [0.4, 0.5) is 0 Å². The molecule has 2 heterocycles. The number of nitrogens with zero attached hydrogens (tertiary/aromatic N) is 3. The Morgan fingerprint density at radius 3 is 2.60 bits per heavy atom. The first-order valence-corrected chi connectivity index (χ1v) is 8.61. The molecule has 0 bridgehead atoms. The van der Waals surface area contributed by atoms with Gasteiger partial charge in [0, 0.05) is 29.9 Å². The second-order valence-electron chi connectivity index (χ2n) is 6.49. The molecule has 1 saturated carbocycles. The van der Waals surface area contributed by atoms with Gasteiger partial charge in [0.15, 0.2) is 5.15 Å². The number of fused-ring (bicyclic) bond motifs is 1. The van der Waals surface area contributed by atoms with Crippen LogP contribution < -0.4 is 5.73 Å². The van der Waals surface area contributed by atoms with Gasteiger partial charge in [0.05, 0.1) is 16.6 Å². The molecule has 2 aromatic heterocycles. The van der Waals surface area contributed by atoms with E-state index in [2.05, 4.69) is 15.0 Å². The molecule has 25 heavy (non-hydrogen) atoms. The molecule has 0 spiro atoms. The predicted molar refractivity (Wildman–Crippen MR) is 96.1 cm³/mol. The molecule has 4 rings (SSSR count). The van der Waals surface area contributed by atoms with Gasteiger partial charge in [-0.2, -0.15) is 0 Å². The van der Waals surface area contributed by atoms with Crippen molar-refractivity contribution >= 4 is 28.4 Å². The number of hydrogen-bond acceptors (Lipinski definition) is 4. The molecule has 5 nitrogen and oxygen atoms in total. The number of nitrogens with two attached hydrogens (primary N) is 1. The number of amides is 1. The summed E-state index contributed by atoms with van der Waals surface area (Å²) >= 11 is 6.34. The highest BCUT2D eigenvalue weighted by atomic mass is 35.5. The van der Waals surface area contributed by atoms with Crippen molar-refractivity contribution in [3.63, 3.8) is 0 Å². The Labute approximate surface area is 150 Å². The maximum absolute atomic E-state index is 12.4. The molecule has 0 saturated heterocycles. The minimum Gasteiger partial charge on any atom is -0.369 e. The number of carbonyl (C=O) groups excluding carboxylic acids is 1. The fourth-order valence-corrected chi connectivity index (χ4v) is 3.98. The molecule has 0 aliphatic heterocycles. The summed E-state index contributed by atoms with van der Waals surface area (Å²) in [5, 5.41) is 1.35. The zero-order valence-corrected chi connectivity index (χ0v) is 14.3. The van der Waals surface area contributed by atoms with E-state index in [1.165, 1.54) is 0 Å². The van der Waals surface area contributed by atoms with Crippen LogP contribution in [0.3, 0.4) is 0 Å². The molecule has 3 aromatic rings. The van der Waals surface area contributed by atoms with Gasteiger partial charge in [-0.15, -0.1) is 0 Å². The van der Waals surface area contributed by atoms with Gasteiger partial charge in [-0.1, -0.05) is 36.2 Å². The Balaban J connectivity index is 1.93. The van der Waals surface area contributed by atoms with Crippen molar-refractivity contribution in [1.82, 2.24) is 15.0 Å². The van der Waals surface area contributed by atoms with E-state index in [9.17, 15) is 4.79 Å². The van der Waals surface area contributed by atoms with Gasteiger partial charge >= 0.3 is 0 Å². The van der Waals surface area contributed by atoms with Crippen LogP contribution in [0.1, 0.15) is 36.4 Å². The number of pyridine rings is 1. The minimum atomic E-state index is -0.678. The topological polar surface area (TPSA) is 81.8 Å². The highest BCUT2D eigenvalue weighted by Gasteiger charge is 2.51. The van der Waals surface area contributed by atoms with Gasteiger partial charge in [-0.25, -0.2) is 4.98 Å². The first-order chi connectivity index (χ1) is 12.1. The largest absolute Gasteiger partial charge is 0.369 e. The van der Waals surface area contributed by atoms with Crippen LogP contribution >= 0.6 is 11.6 Å². The van der Waals surface area contributed by atoms with Crippen LogP contribution in [0.25, 0.3) is 10.9 Å². The van der Waals surface area contributed by atoms with Gasteiger partial charge in [0.2, 0.25) is 5.91 Å². The van der Waals surface area contributed by atoms with Crippen LogP contribution in [0.15, 0.2) is 48.9 Å². The second-order valence-corrected chi connectivity index (χ2v) is 6.85. The molecule has 1 fully saturated rings. The normalized spacial score (nSPS) is 17.0. The van der Waals surface area contributed by atoms with Gasteiger partial charge in [-0.3, -0.25) is 14.8 Å². The van der Waals surface area contributed by atoms with Gasteiger partial charge in [0.25, 0.3) is 0 Å². The summed E-state index contributed by atoms with van der Waals surface area (Å²) in [5.41, 5.74) is 7.54. The molecule has 1 amide bonds. The first-order valence-electron chi connectivity index (χ1n) is 8.23. The summed E-state index contributed by atoms with van der Waals surface area (Å²) in [4.78, 5) is 25.4. The van der Waals surface area contributed by atoms with Crippen molar-refractivity contribution in [2.45, 2.75) is 25.2 Å². The van der Waals surface area contributed by atoms with Crippen LogP contribution in [0.5, 0.6) is 0 Å². The third kappa shape index (κ3) is 2.55. The Kier molecular flexibility index (Phi) is 3.88. The number of carbonyl (C=O) groups is 1. The Hall–Kier alpha value is -2.53. The van der Waals surface area contributed by atoms with E-state index < -0.39 is 5.41 Å². The fraction of sp³-hybridized carbons (Fsp3) is 0.263. The minimum absolute atomic E-state index is 0.307. The van der Waals surface area contributed by atoms with Gasteiger partial charge in [0.1, 0.15) is 0 Å². The van der Waals surface area contributed by atoms with Gasteiger partial charge < -0.3 is 5.73 Å². The second kappa shape index (κ2) is 6.08. The molecule has 6 heteroatoms. The van der Waals surface area contributed by atoms with E-state index in [1.807, 2.05) is 30.3 Å². The summed E-state index contributed by atoms with van der Waals surface area (Å²) in [6, 6.07) is 9.90. The molecule has 0 radical (unpaired) electrons. The number of benzene rings is 1. The Morgan fingerprint density at radius 1 is 1.12 bits per heavy atom. The van der Waals surface area contributed by atoms with Crippen molar-refractivity contribution in [3.8, 4) is 0 Å². The summed E-state index contributed by atoms with van der Waals surface area (Å²) in [7, 11) is 0. The molecule has 1 aliphatic rings. The Morgan fingerprint density at radius 2 is 1.92 bits per heavy atom. The molecule has 1 atom stereocenters. The predicted octanol–water partition coefficient (Wildman–Crippen LogP) is 3.47. The van der Waals surface area contributed by atoms with Crippen molar-refractivity contribution < 1.29 is 4.79 Å². The summed E-state index contributed by atoms with van der Waals surface area (Å²) in [6.45, 7) is 0. The van der Waals surface area contributed by atoms with E-state index in [1.54, 1.807) is 18.6 Å². The number of aromatic nitrogens is 3. The molecule has 126 valence electrons. The summed E-state index contributed by atoms with van der Waals surface area (Å²) in [6.07, 6.45) is 7.30. The summed E-state index contributed by atoms with van der Waals surface area (Å²) < 4.78 is 0. The third-order valence-electron chi connectivity index (χ3n) is 5.21. The van der Waals surface area contributed by atoms with E-state index in [0.717, 1.165) is 35.7 Å². The smallest absolute Gasteiger partial charge is 0.224 e. The molecule has 2 N–H and O–H groups in total. The maximum Gasteiger partial charge on any atom is 0.224 e. The van der Waals surface area contributed by atoms with Gasteiger partial charge in [-0.05, 0) is 30.5 Å². The van der Waals surface area contributed by atoms with Crippen molar-refractivity contribution in [3.05, 3.63) is 65.3 Å². The molecule has 1 aromatic carbocycles. The monoisotopic (exact) mass is 352 g/mol. The van der Waals surface area contributed by atoms with E-state index in [0.29, 0.717) is 10.8 Å². The zero-order chi connectivity index (χ0) is 17.4. The summed E-state index contributed by atoms with van der Waals surface area (Å²) in [5.74, 6) is -0.641. The zero-order valence-electron chi connectivity index (χ0n) is 13.5. The van der Waals surface area contributed by atoms with E-state index in [4.69, 9.17) is 17.3 Å². The number of halogens is 1. The maximum atomic E-state index is 12.4. The van der Waals surface area contributed by atoms with Crippen molar-refractivity contribution in [2.75, 3.05) is 0 Å². The quantitative estimate of drug-likeness (QED) is 0.779. The standard InChI is InChI=1S/C19H17ClN4O/c20-17-16(23-9-10-24-17)15(19(18(21)25)6-2-7-19)13-5-4-12-3-1-8-22-14(12)11-13/h1,3-5,8-11,15H,2,6-7H2,(H2,21,25). The Bertz CT molecular complexity index is 955. The average Bonchev–Trinajstić information content (AvgIpc) is 2.58. The van der Waals surface area contributed by atoms with Crippen LogP contribution in [-0.4, -0.2) is 20.9 Å². The lowest BCUT2D eigenvalue weighted by Crippen LogP contribution is -2.48. The number of primary amides is 1. The highest BCUT2D eigenvalue weighted by molar-refractivity contribution is 6.30. The molecular weight excluding hydrogens is 336 g/mol. The van der Waals surface area contributed by atoms with Crippen molar-refractivity contribution in [2.24, 2.45) is 11.1 Å². The molecular formula is C19H17ClN4O. The lowest BCUT2D eigenvalue weighted by molar-refractivity contribution is -0.133. The lowest BCUT2D eigenvalue weighted by atomic mass is 9.58. The van der Waals surface area contributed by atoms with Crippen molar-refractivity contribution in [1.29, 1.82) is 0 Å². The van der Waals surface area contributed by atoms with Crippen LogP contribution in [-0.2, 0) is 4.79 Å². The number of hydrogen-bond donors (Lipinski definition) is 1. The fourth-order valence-electron chi connectivity index (χ4n) is 3.76. The average molecular weight is 353 g/mol. The number of rotatable bonds is 4. The molecule has 1 aliphatic carbocycles. The first kappa shape index (κ1) is 16.0.